The van der Waals surface area contributed by atoms with Crippen LogP contribution >= 0.6 is 0 Å². The molecule has 8 heteroatoms. The fraction of sp³-hybridized carbons (Fsp3) is 0.667. The van der Waals surface area contributed by atoms with Crippen LogP contribution in [0.3, 0.4) is 0 Å². The molecule has 5 nitrogen and oxygen atoms in total. The number of ether oxygens (including phenoxy) is 1. The lowest BCUT2D eigenvalue weighted by atomic mass is 10.0. The van der Waals surface area contributed by atoms with Gasteiger partial charge in [-0.1, -0.05) is 21.3 Å². The van der Waals surface area contributed by atoms with Crippen molar-refractivity contribution in [3.8, 4) is 0 Å². The summed E-state index contributed by atoms with van der Waals surface area (Å²) in [5, 5.41) is 0. The van der Waals surface area contributed by atoms with Crippen LogP contribution < -0.4 is 5.56 Å². The summed E-state index contributed by atoms with van der Waals surface area (Å²) in [5.41, 5.74) is -1.83. The molecule has 1 aromatic rings. The quantitative estimate of drug-likeness (QED) is 0.683. The summed E-state index contributed by atoms with van der Waals surface area (Å²) < 4.78 is 45.6. The molecule has 0 aromatic carbocycles. The van der Waals surface area contributed by atoms with Gasteiger partial charge < -0.3 is 14.2 Å². The molecular weight excluding hydrogens is 349 g/mol. The van der Waals surface area contributed by atoms with Gasteiger partial charge in [0, 0.05) is 18.8 Å². The first kappa shape index (κ1) is 24.2. The second kappa shape index (κ2) is 9.75. The number of hydrogen-bond donors (Lipinski definition) is 0. The van der Waals surface area contributed by atoms with Gasteiger partial charge in [-0.05, 0) is 38.4 Å². The van der Waals surface area contributed by atoms with Gasteiger partial charge >= 0.3 is 12.1 Å². The molecule has 1 heterocycles. The highest BCUT2D eigenvalue weighted by Gasteiger charge is 2.35. The maximum Gasteiger partial charge on any atom is 0.416 e. The summed E-state index contributed by atoms with van der Waals surface area (Å²) in [6.45, 7) is 4.10. The normalized spacial score (nSPS) is 12.8. The van der Waals surface area contributed by atoms with Crippen LogP contribution in [-0.2, 0) is 22.1 Å². The second-order valence-corrected chi connectivity index (χ2v) is 6.68. The van der Waals surface area contributed by atoms with E-state index < -0.39 is 29.3 Å². The topological polar surface area (TPSA) is 51.5 Å². The predicted octanol–water partition coefficient (Wildman–Crippen LogP) is 3.37. The summed E-state index contributed by atoms with van der Waals surface area (Å²) in [4.78, 5) is 26.1. The lowest BCUT2D eigenvalue weighted by Gasteiger charge is -2.22. The second-order valence-electron chi connectivity index (χ2n) is 6.68. The van der Waals surface area contributed by atoms with Crippen molar-refractivity contribution in [2.75, 3.05) is 27.7 Å². The van der Waals surface area contributed by atoms with Crippen molar-refractivity contribution >= 4 is 5.97 Å². The molecule has 26 heavy (non-hydrogen) atoms. The van der Waals surface area contributed by atoms with Crippen LogP contribution in [0.2, 0.25) is 0 Å². The van der Waals surface area contributed by atoms with E-state index in [1.807, 2.05) is 13.8 Å². The van der Waals surface area contributed by atoms with Gasteiger partial charge in [-0.25, -0.2) is 4.79 Å². The average Bonchev–Trinajstić information content (AvgIpc) is 2.49. The first-order valence-corrected chi connectivity index (χ1v) is 8.02. The molecule has 0 bridgehead atoms. The number of alkyl halides is 3. The van der Waals surface area contributed by atoms with Crippen LogP contribution in [0.4, 0.5) is 13.2 Å². The Hall–Kier alpha value is -1.83. The average molecular weight is 378 g/mol. The Morgan fingerprint density at radius 2 is 1.88 bits per heavy atom. The van der Waals surface area contributed by atoms with E-state index in [1.54, 1.807) is 19.0 Å². The fourth-order valence-electron chi connectivity index (χ4n) is 2.55. The number of hydrogen-bond acceptors (Lipinski definition) is 4. The lowest BCUT2D eigenvalue weighted by Crippen LogP contribution is -2.33. The Balaban J connectivity index is 0.00000625. The number of carbonyl (C=O) groups is 1. The largest absolute Gasteiger partial charge is 0.467 e. The molecule has 0 saturated carbocycles. The van der Waals surface area contributed by atoms with E-state index in [0.717, 1.165) is 10.8 Å². The van der Waals surface area contributed by atoms with Crippen molar-refractivity contribution in [3.05, 3.63) is 33.7 Å². The van der Waals surface area contributed by atoms with E-state index in [0.29, 0.717) is 19.0 Å². The number of carbonyl (C=O) groups excluding carboxylic acids is 1. The van der Waals surface area contributed by atoms with Crippen molar-refractivity contribution < 1.29 is 22.7 Å². The van der Waals surface area contributed by atoms with Crippen molar-refractivity contribution in [2.24, 2.45) is 5.92 Å². The minimum Gasteiger partial charge on any atom is -0.467 e. The molecule has 1 atom stereocenters. The van der Waals surface area contributed by atoms with Gasteiger partial charge in [-0.2, -0.15) is 13.2 Å². The zero-order chi connectivity index (χ0) is 19.4. The van der Waals surface area contributed by atoms with Crippen LogP contribution in [-0.4, -0.2) is 43.2 Å². The van der Waals surface area contributed by atoms with Gasteiger partial charge in [0.1, 0.15) is 6.04 Å². The summed E-state index contributed by atoms with van der Waals surface area (Å²) in [6.07, 6.45) is -3.07. The Morgan fingerprint density at radius 3 is 2.31 bits per heavy atom. The van der Waals surface area contributed by atoms with Crippen molar-refractivity contribution in [2.45, 2.75) is 46.3 Å². The standard InChI is InChI=1S/C17H25F3N2O3.CH4/c1-11(2)8-14(16(24)25-5)22-10-12(6-7-21(3)4)13(9-15(22)23)17(18,19)20;/h9-11,14H,6-8H2,1-5H3;1H4. The first-order valence-electron chi connectivity index (χ1n) is 8.02. The molecule has 0 aliphatic heterocycles. The minimum absolute atomic E-state index is 0. The van der Waals surface area contributed by atoms with Crippen molar-refractivity contribution in [1.29, 1.82) is 0 Å². The summed E-state index contributed by atoms with van der Waals surface area (Å²) >= 11 is 0. The van der Waals surface area contributed by atoms with Crippen molar-refractivity contribution in [3.63, 3.8) is 0 Å². The summed E-state index contributed by atoms with van der Waals surface area (Å²) in [5.74, 6) is -0.586. The third-order valence-electron chi connectivity index (χ3n) is 3.80. The van der Waals surface area contributed by atoms with Gasteiger partial charge in [0.25, 0.3) is 5.56 Å². The van der Waals surface area contributed by atoms with Crippen LogP contribution in [0.1, 0.15) is 44.9 Å². The molecule has 0 amide bonds. The van der Waals surface area contributed by atoms with Crippen LogP contribution in [0.5, 0.6) is 0 Å². The van der Waals surface area contributed by atoms with Crippen LogP contribution in [0, 0.1) is 5.92 Å². The van der Waals surface area contributed by atoms with E-state index in [-0.39, 0.29) is 25.3 Å². The number of likely N-dealkylation sites (N-methyl/N-ethyl adjacent to an activating group) is 1. The van der Waals surface area contributed by atoms with Gasteiger partial charge in [-0.15, -0.1) is 0 Å². The molecule has 0 fully saturated rings. The molecule has 0 saturated heterocycles. The first-order chi connectivity index (χ1) is 11.5. The number of esters is 1. The highest BCUT2D eigenvalue weighted by molar-refractivity contribution is 5.74. The zero-order valence-corrected chi connectivity index (χ0v) is 15.2. The highest BCUT2D eigenvalue weighted by Crippen LogP contribution is 2.32. The smallest absolute Gasteiger partial charge is 0.416 e. The lowest BCUT2D eigenvalue weighted by molar-refractivity contribution is -0.145. The van der Waals surface area contributed by atoms with Gasteiger partial charge in [0.15, 0.2) is 0 Å². The van der Waals surface area contributed by atoms with E-state index >= 15 is 0 Å². The predicted molar refractivity (Wildman–Crippen MR) is 95.2 cm³/mol. The monoisotopic (exact) mass is 378 g/mol. The van der Waals surface area contributed by atoms with E-state index in [9.17, 15) is 22.8 Å². The fourth-order valence-corrected chi connectivity index (χ4v) is 2.55. The molecule has 0 spiro atoms. The molecule has 0 aliphatic carbocycles. The van der Waals surface area contributed by atoms with Crippen LogP contribution in [0.25, 0.3) is 0 Å². The number of pyridine rings is 1. The zero-order valence-electron chi connectivity index (χ0n) is 15.2. The van der Waals surface area contributed by atoms with E-state index in [2.05, 4.69) is 0 Å². The molecule has 0 radical (unpaired) electrons. The Bertz CT molecular complexity index is 652. The molecule has 0 aliphatic rings. The highest BCUT2D eigenvalue weighted by atomic mass is 19.4. The van der Waals surface area contributed by atoms with E-state index in [1.165, 1.54) is 7.11 Å². The molecule has 0 N–H and O–H groups in total. The van der Waals surface area contributed by atoms with Gasteiger partial charge in [0.2, 0.25) is 0 Å². The molecule has 150 valence electrons. The molecule has 1 unspecified atom stereocenters. The van der Waals surface area contributed by atoms with Gasteiger partial charge in [0.05, 0.1) is 12.7 Å². The summed E-state index contributed by atoms with van der Waals surface area (Å²) in [6, 6.07) is -0.376. The van der Waals surface area contributed by atoms with Gasteiger partial charge in [-0.3, -0.25) is 4.79 Å². The Morgan fingerprint density at radius 1 is 1.31 bits per heavy atom. The maximum atomic E-state index is 13.3. The third-order valence-corrected chi connectivity index (χ3v) is 3.80. The summed E-state index contributed by atoms with van der Waals surface area (Å²) in [7, 11) is 4.69. The number of rotatable bonds is 7. The number of halogens is 3. The van der Waals surface area contributed by atoms with E-state index in [4.69, 9.17) is 4.74 Å². The Labute approximate surface area is 152 Å². The third kappa shape index (κ3) is 6.48. The molecule has 1 rings (SSSR count). The van der Waals surface area contributed by atoms with Crippen molar-refractivity contribution in [1.82, 2.24) is 9.47 Å². The minimum atomic E-state index is -4.63. The number of nitrogens with zero attached hydrogens (tertiary/aromatic N) is 2. The SMILES string of the molecule is C.COC(=O)C(CC(C)C)n1cc(CCN(C)C)c(C(F)(F)F)cc1=O. The number of aromatic nitrogens is 1. The number of methoxy groups -OCH3 is 1. The molecule has 1 aromatic heterocycles. The molecular formula is C18H29F3N2O3. The van der Waals surface area contributed by atoms with Crippen LogP contribution in [0.15, 0.2) is 17.1 Å². The maximum absolute atomic E-state index is 13.3. The Kier molecular flexibility index (Phi) is 9.07.